The Kier molecular flexibility index (Phi) is 9.96. The van der Waals surface area contributed by atoms with Gasteiger partial charge in [0.25, 0.3) is 0 Å². The molecule has 0 amide bonds. The van der Waals surface area contributed by atoms with E-state index in [2.05, 4.69) is 6.58 Å². The van der Waals surface area contributed by atoms with Gasteiger partial charge in [0.15, 0.2) is 0 Å². The highest BCUT2D eigenvalue weighted by atomic mass is 16.5. The Balaban J connectivity index is 1.39. The van der Waals surface area contributed by atoms with E-state index >= 15 is 0 Å². The highest BCUT2D eigenvalue weighted by Crippen LogP contribution is 2.30. The quantitative estimate of drug-likeness (QED) is 0.141. The molecule has 0 atom stereocenters. The Morgan fingerprint density at radius 1 is 1.03 bits per heavy atom. The third-order valence-corrected chi connectivity index (χ3v) is 6.43. The fourth-order valence-corrected chi connectivity index (χ4v) is 4.35. The molecule has 3 rings (SSSR count). The van der Waals surface area contributed by atoms with Crippen LogP contribution in [-0.4, -0.2) is 24.6 Å². The number of esters is 2. The van der Waals surface area contributed by atoms with Gasteiger partial charge in [-0.15, -0.1) is 6.58 Å². The molecule has 186 valence electrons. The largest absolute Gasteiger partial charge is 0.462 e. The molecule has 6 heteroatoms. The number of nitrogens with two attached hydrogens (primary N) is 2. The average Bonchev–Trinajstić information content (AvgIpc) is 2.85. The highest BCUT2D eigenvalue weighted by Gasteiger charge is 2.24. The molecule has 1 aliphatic carbocycles. The van der Waals surface area contributed by atoms with Crippen LogP contribution in [0.4, 0.5) is 11.4 Å². The zero-order valence-corrected chi connectivity index (χ0v) is 20.3. The van der Waals surface area contributed by atoms with Crippen molar-refractivity contribution < 1.29 is 19.1 Å². The zero-order valence-electron chi connectivity index (χ0n) is 20.3. The number of hydrogen-bond acceptors (Lipinski definition) is 6. The van der Waals surface area contributed by atoms with Gasteiger partial charge >= 0.3 is 11.9 Å². The van der Waals surface area contributed by atoms with Crippen LogP contribution < -0.4 is 11.5 Å². The number of carbonyl (C=O) groups is 2. The zero-order chi connectivity index (χ0) is 25.0. The Morgan fingerprint density at radius 2 is 1.77 bits per heavy atom. The fraction of sp³-hybridized carbons (Fsp3) is 0.379. The van der Waals surface area contributed by atoms with Crippen molar-refractivity contribution in [3.05, 3.63) is 77.9 Å². The minimum absolute atomic E-state index is 0.00362. The van der Waals surface area contributed by atoms with Crippen LogP contribution in [0.1, 0.15) is 66.4 Å². The summed E-state index contributed by atoms with van der Waals surface area (Å²) < 4.78 is 11.0. The van der Waals surface area contributed by atoms with E-state index in [1.165, 1.54) is 18.9 Å². The number of hydrogen-bond donors (Lipinski definition) is 2. The molecule has 2 aromatic rings. The van der Waals surface area contributed by atoms with Crippen LogP contribution in [-0.2, 0) is 20.7 Å². The molecule has 0 aliphatic heterocycles. The summed E-state index contributed by atoms with van der Waals surface area (Å²) in [6, 6.07) is 12.3. The lowest BCUT2D eigenvalue weighted by molar-refractivity contribution is -0.137. The summed E-state index contributed by atoms with van der Waals surface area (Å²) in [6.07, 6.45) is 13.1. The molecule has 6 nitrogen and oxygen atoms in total. The molecule has 35 heavy (non-hydrogen) atoms. The van der Waals surface area contributed by atoms with Crippen LogP contribution in [0, 0.1) is 5.92 Å². The number of benzene rings is 2. The molecule has 0 saturated heterocycles. The SMILES string of the molecule is C=CCCCC1CCC(OC(=O)c2ccc(C=CC(=O)OCCc3ccc(N)cc3N)cc2)CC1. The number of rotatable bonds is 11. The van der Waals surface area contributed by atoms with Crippen LogP contribution in [0.2, 0.25) is 0 Å². The molecule has 1 fully saturated rings. The Morgan fingerprint density at radius 3 is 2.46 bits per heavy atom. The summed E-state index contributed by atoms with van der Waals surface area (Å²) in [6.45, 7) is 4.00. The van der Waals surface area contributed by atoms with Crippen molar-refractivity contribution in [2.75, 3.05) is 18.1 Å². The van der Waals surface area contributed by atoms with Gasteiger partial charge in [-0.1, -0.05) is 30.7 Å². The Bertz CT molecular complexity index is 1020. The molecule has 1 aliphatic rings. The van der Waals surface area contributed by atoms with Gasteiger partial charge in [-0.25, -0.2) is 9.59 Å². The van der Waals surface area contributed by atoms with Gasteiger partial charge in [0.05, 0.1) is 12.2 Å². The maximum Gasteiger partial charge on any atom is 0.338 e. The Hall–Kier alpha value is -3.54. The van der Waals surface area contributed by atoms with E-state index in [-0.39, 0.29) is 18.7 Å². The molecule has 1 saturated carbocycles. The maximum absolute atomic E-state index is 12.5. The van der Waals surface area contributed by atoms with E-state index in [1.807, 2.05) is 12.1 Å². The van der Waals surface area contributed by atoms with Crippen LogP contribution >= 0.6 is 0 Å². The summed E-state index contributed by atoms with van der Waals surface area (Å²) >= 11 is 0. The second-order valence-electron chi connectivity index (χ2n) is 9.10. The Labute approximate surface area is 208 Å². The maximum atomic E-state index is 12.5. The molecule has 2 aromatic carbocycles. The van der Waals surface area contributed by atoms with Gasteiger partial charge in [0.2, 0.25) is 0 Å². The van der Waals surface area contributed by atoms with E-state index in [9.17, 15) is 9.59 Å². The first-order chi connectivity index (χ1) is 16.9. The number of unbranched alkanes of at least 4 members (excludes halogenated alkanes) is 1. The first-order valence-corrected chi connectivity index (χ1v) is 12.3. The summed E-state index contributed by atoms with van der Waals surface area (Å²) in [5, 5.41) is 0. The van der Waals surface area contributed by atoms with Crippen molar-refractivity contribution in [3.63, 3.8) is 0 Å². The first-order valence-electron chi connectivity index (χ1n) is 12.3. The molecule has 0 bridgehead atoms. The van der Waals surface area contributed by atoms with E-state index in [1.54, 1.807) is 42.5 Å². The molecule has 0 heterocycles. The minimum atomic E-state index is -0.442. The van der Waals surface area contributed by atoms with Crippen LogP contribution in [0.25, 0.3) is 6.08 Å². The summed E-state index contributed by atoms with van der Waals surface area (Å²) in [4.78, 5) is 24.5. The highest BCUT2D eigenvalue weighted by molar-refractivity contribution is 5.90. The van der Waals surface area contributed by atoms with Gasteiger partial charge in [0, 0.05) is 23.9 Å². The van der Waals surface area contributed by atoms with E-state index in [0.717, 1.165) is 49.1 Å². The minimum Gasteiger partial charge on any atom is -0.462 e. The van der Waals surface area contributed by atoms with Crippen molar-refractivity contribution in [1.82, 2.24) is 0 Å². The van der Waals surface area contributed by atoms with Crippen LogP contribution in [0.15, 0.2) is 61.2 Å². The van der Waals surface area contributed by atoms with Crippen molar-refractivity contribution in [3.8, 4) is 0 Å². The molecular weight excluding hydrogens is 440 g/mol. The van der Waals surface area contributed by atoms with Gasteiger partial charge < -0.3 is 20.9 Å². The number of nitrogen functional groups attached to an aromatic ring is 2. The number of anilines is 2. The van der Waals surface area contributed by atoms with Crippen LogP contribution in [0.3, 0.4) is 0 Å². The lowest BCUT2D eigenvalue weighted by Crippen LogP contribution is -2.24. The predicted octanol–water partition coefficient (Wildman–Crippen LogP) is 5.72. The summed E-state index contributed by atoms with van der Waals surface area (Å²) in [5.41, 5.74) is 15.0. The summed E-state index contributed by atoms with van der Waals surface area (Å²) in [5.74, 6) is -0.00177. The molecule has 0 spiro atoms. The standard InChI is InChI=1S/C29H36N2O4/c1-2-3-4-5-21-8-15-26(16-9-21)35-29(33)24-11-6-22(7-12-24)10-17-28(32)34-19-18-23-13-14-25(30)20-27(23)31/h2,6-7,10-14,17,20-21,26H,1,3-5,8-9,15-16,18-19,30-31H2. The number of carbonyl (C=O) groups excluding carboxylic acids is 2. The second-order valence-corrected chi connectivity index (χ2v) is 9.10. The summed E-state index contributed by atoms with van der Waals surface area (Å²) in [7, 11) is 0. The first kappa shape index (κ1) is 26.1. The third kappa shape index (κ3) is 8.63. The van der Waals surface area contributed by atoms with Crippen molar-refractivity contribution in [2.24, 2.45) is 5.92 Å². The number of ether oxygens (including phenoxy) is 2. The smallest absolute Gasteiger partial charge is 0.338 e. The topological polar surface area (TPSA) is 105 Å². The van der Waals surface area contributed by atoms with E-state index < -0.39 is 5.97 Å². The molecule has 4 N–H and O–H groups in total. The predicted molar refractivity (Wildman–Crippen MR) is 141 cm³/mol. The average molecular weight is 477 g/mol. The van der Waals surface area contributed by atoms with Gasteiger partial charge in [-0.3, -0.25) is 0 Å². The van der Waals surface area contributed by atoms with Gasteiger partial charge in [-0.2, -0.15) is 0 Å². The van der Waals surface area contributed by atoms with Crippen molar-refractivity contribution >= 4 is 29.4 Å². The van der Waals surface area contributed by atoms with Crippen LogP contribution in [0.5, 0.6) is 0 Å². The van der Waals surface area contributed by atoms with Gasteiger partial charge in [-0.05, 0) is 85.9 Å². The third-order valence-electron chi connectivity index (χ3n) is 6.43. The normalized spacial score (nSPS) is 17.7. The lowest BCUT2D eigenvalue weighted by atomic mass is 9.84. The molecule has 0 unspecified atom stereocenters. The lowest BCUT2D eigenvalue weighted by Gasteiger charge is -2.28. The molecule has 0 aromatic heterocycles. The monoisotopic (exact) mass is 476 g/mol. The number of allylic oxidation sites excluding steroid dienone is 1. The van der Waals surface area contributed by atoms with Crippen molar-refractivity contribution in [1.29, 1.82) is 0 Å². The van der Waals surface area contributed by atoms with E-state index in [0.29, 0.717) is 23.4 Å². The van der Waals surface area contributed by atoms with Gasteiger partial charge in [0.1, 0.15) is 6.10 Å². The van der Waals surface area contributed by atoms with E-state index in [4.69, 9.17) is 20.9 Å². The van der Waals surface area contributed by atoms with Crippen molar-refractivity contribution in [2.45, 2.75) is 57.5 Å². The second kappa shape index (κ2) is 13.4. The molecular formula is C29H36N2O4. The fourth-order valence-electron chi connectivity index (χ4n) is 4.35. The molecule has 0 radical (unpaired) electrons.